The zero-order chi connectivity index (χ0) is 20.4. The smallest absolute Gasteiger partial charge is 0.240 e. The van der Waals surface area contributed by atoms with E-state index in [0.717, 1.165) is 32.2 Å². The van der Waals surface area contributed by atoms with Gasteiger partial charge in [0.25, 0.3) is 0 Å². The number of aryl methyl sites for hydroxylation is 1. The normalized spacial score (nSPS) is 17.5. The van der Waals surface area contributed by atoms with Gasteiger partial charge in [0, 0.05) is 12.8 Å². The summed E-state index contributed by atoms with van der Waals surface area (Å²) in [4.78, 5) is 2.19. The molecule has 1 aliphatic rings. The van der Waals surface area contributed by atoms with Crippen molar-refractivity contribution in [2.45, 2.75) is 42.0 Å². The minimum Gasteiger partial charge on any atom is -0.468 e. The van der Waals surface area contributed by atoms with Gasteiger partial charge in [-0.2, -0.15) is 0 Å². The Hall–Kier alpha value is -1.68. The monoisotopic (exact) mass is 426 g/mol. The highest BCUT2D eigenvalue weighted by Gasteiger charge is 2.27. The molecule has 7 nitrogen and oxygen atoms in total. The third-order valence-corrected chi connectivity index (χ3v) is 7.72. The SMILES string of the molecule is Cc1ccc(S(C)(=O)=O)cc1S(=O)(=O)NCC(c1ccco1)N1CCCCC1. The standard InChI is InChI=1S/C19H26N2O5S2/c1-15-8-9-16(27(2,22)23)13-19(15)28(24,25)20-14-17(18-7-6-12-26-18)21-10-4-3-5-11-21/h6-9,12-13,17,20H,3-5,10-11,14H2,1-2H3. The average molecular weight is 427 g/mol. The van der Waals surface area contributed by atoms with E-state index in [-0.39, 0.29) is 22.4 Å². The molecular weight excluding hydrogens is 400 g/mol. The van der Waals surface area contributed by atoms with Crippen LogP contribution >= 0.6 is 0 Å². The summed E-state index contributed by atoms with van der Waals surface area (Å²) in [5.74, 6) is 0.714. The molecule has 1 aromatic heterocycles. The molecule has 0 saturated carbocycles. The molecule has 9 heteroatoms. The molecule has 1 aromatic carbocycles. The Balaban J connectivity index is 1.85. The zero-order valence-corrected chi connectivity index (χ0v) is 17.7. The van der Waals surface area contributed by atoms with E-state index in [0.29, 0.717) is 11.3 Å². The summed E-state index contributed by atoms with van der Waals surface area (Å²) in [7, 11) is -7.38. The molecule has 1 fully saturated rings. The number of rotatable bonds is 7. The maximum atomic E-state index is 12.9. The third kappa shape index (κ3) is 4.83. The van der Waals surface area contributed by atoms with Crippen molar-refractivity contribution in [2.75, 3.05) is 25.9 Å². The lowest BCUT2D eigenvalue weighted by Crippen LogP contribution is -2.40. The summed E-state index contributed by atoms with van der Waals surface area (Å²) < 4.78 is 57.7. The minimum atomic E-state index is -3.88. The summed E-state index contributed by atoms with van der Waals surface area (Å²) in [5, 5.41) is 0. The highest BCUT2D eigenvalue weighted by Crippen LogP contribution is 2.26. The van der Waals surface area contributed by atoms with Gasteiger partial charge in [-0.25, -0.2) is 21.6 Å². The van der Waals surface area contributed by atoms with Crippen LogP contribution in [0.4, 0.5) is 0 Å². The number of furan rings is 1. The van der Waals surface area contributed by atoms with E-state index in [1.165, 1.54) is 24.6 Å². The number of nitrogens with zero attached hydrogens (tertiary/aromatic N) is 1. The first-order chi connectivity index (χ1) is 13.2. The molecule has 0 bridgehead atoms. The van der Waals surface area contributed by atoms with Crippen molar-refractivity contribution in [3.05, 3.63) is 47.9 Å². The highest BCUT2D eigenvalue weighted by molar-refractivity contribution is 7.91. The second-order valence-corrected chi connectivity index (χ2v) is 10.9. The molecule has 3 rings (SSSR count). The molecule has 2 aromatic rings. The van der Waals surface area contributed by atoms with Gasteiger partial charge >= 0.3 is 0 Å². The number of nitrogens with one attached hydrogen (secondary N) is 1. The largest absolute Gasteiger partial charge is 0.468 e. The Labute approximate surface area is 166 Å². The fourth-order valence-electron chi connectivity index (χ4n) is 3.49. The molecule has 1 atom stereocenters. The topological polar surface area (TPSA) is 96.7 Å². The van der Waals surface area contributed by atoms with Crippen LogP contribution in [0.15, 0.2) is 50.8 Å². The van der Waals surface area contributed by atoms with Crippen LogP contribution in [0.25, 0.3) is 0 Å². The number of piperidine rings is 1. The Bertz CT molecular complexity index is 1010. The first-order valence-corrected chi connectivity index (χ1v) is 12.6. The Morgan fingerprint density at radius 3 is 2.43 bits per heavy atom. The lowest BCUT2D eigenvalue weighted by Gasteiger charge is -2.33. The van der Waals surface area contributed by atoms with E-state index in [2.05, 4.69) is 9.62 Å². The summed E-state index contributed by atoms with van der Waals surface area (Å²) in [5.41, 5.74) is 0.493. The van der Waals surface area contributed by atoms with Gasteiger partial charge in [0.1, 0.15) is 5.76 Å². The number of sulfonamides is 1. The lowest BCUT2D eigenvalue weighted by molar-refractivity contribution is 0.147. The molecule has 0 radical (unpaired) electrons. The molecule has 1 unspecified atom stereocenters. The third-order valence-electron chi connectivity index (χ3n) is 5.05. The quantitative estimate of drug-likeness (QED) is 0.731. The van der Waals surface area contributed by atoms with Crippen LogP contribution in [0, 0.1) is 6.92 Å². The molecule has 1 N–H and O–H groups in total. The van der Waals surface area contributed by atoms with Crippen LogP contribution in [0.2, 0.25) is 0 Å². The number of hydrogen-bond donors (Lipinski definition) is 1. The van der Waals surface area contributed by atoms with Gasteiger partial charge in [0.2, 0.25) is 10.0 Å². The van der Waals surface area contributed by atoms with Crippen LogP contribution in [0.5, 0.6) is 0 Å². The van der Waals surface area contributed by atoms with E-state index in [4.69, 9.17) is 4.42 Å². The molecule has 28 heavy (non-hydrogen) atoms. The lowest BCUT2D eigenvalue weighted by atomic mass is 10.1. The first-order valence-electron chi connectivity index (χ1n) is 9.26. The van der Waals surface area contributed by atoms with Gasteiger partial charge < -0.3 is 4.42 Å². The van der Waals surface area contributed by atoms with Crippen molar-refractivity contribution < 1.29 is 21.3 Å². The molecule has 154 valence electrons. The van der Waals surface area contributed by atoms with Crippen molar-refractivity contribution in [2.24, 2.45) is 0 Å². The van der Waals surface area contributed by atoms with Gasteiger partial charge in [-0.3, -0.25) is 4.90 Å². The van der Waals surface area contributed by atoms with Crippen LogP contribution in [-0.4, -0.2) is 47.6 Å². The Morgan fingerprint density at radius 2 is 1.82 bits per heavy atom. The second-order valence-electron chi connectivity index (χ2n) is 7.18. The zero-order valence-electron chi connectivity index (χ0n) is 16.1. The van der Waals surface area contributed by atoms with Crippen LogP contribution < -0.4 is 4.72 Å². The van der Waals surface area contributed by atoms with Crippen molar-refractivity contribution in [1.82, 2.24) is 9.62 Å². The maximum absolute atomic E-state index is 12.9. The first kappa shape index (κ1) is 21.0. The number of likely N-dealkylation sites (tertiary alicyclic amines) is 1. The molecule has 2 heterocycles. The van der Waals surface area contributed by atoms with Gasteiger partial charge in [-0.1, -0.05) is 12.5 Å². The van der Waals surface area contributed by atoms with E-state index < -0.39 is 19.9 Å². The summed E-state index contributed by atoms with van der Waals surface area (Å²) >= 11 is 0. The van der Waals surface area contributed by atoms with E-state index in [1.807, 2.05) is 6.07 Å². The van der Waals surface area contributed by atoms with Gasteiger partial charge in [0.15, 0.2) is 9.84 Å². The number of hydrogen-bond acceptors (Lipinski definition) is 6. The predicted octanol–water partition coefficient (Wildman–Crippen LogP) is 2.50. The van der Waals surface area contributed by atoms with Gasteiger partial charge in [0.05, 0.1) is 22.1 Å². The second kappa shape index (κ2) is 8.36. The average Bonchev–Trinajstić information content (AvgIpc) is 3.16. The fourth-order valence-corrected chi connectivity index (χ4v) is 5.52. The summed E-state index contributed by atoms with van der Waals surface area (Å²) in [6, 6.07) is 7.59. The van der Waals surface area contributed by atoms with Crippen molar-refractivity contribution in [3.63, 3.8) is 0 Å². The van der Waals surface area contributed by atoms with Gasteiger partial charge in [-0.05, 0) is 62.7 Å². The van der Waals surface area contributed by atoms with E-state index in [1.54, 1.807) is 19.3 Å². The maximum Gasteiger partial charge on any atom is 0.240 e. The number of benzene rings is 1. The summed E-state index contributed by atoms with van der Waals surface area (Å²) in [6.07, 6.45) is 5.95. The van der Waals surface area contributed by atoms with Gasteiger partial charge in [-0.15, -0.1) is 0 Å². The van der Waals surface area contributed by atoms with Crippen molar-refractivity contribution in [1.29, 1.82) is 0 Å². The summed E-state index contributed by atoms with van der Waals surface area (Å²) in [6.45, 7) is 3.57. The predicted molar refractivity (Wildman–Crippen MR) is 106 cm³/mol. The minimum absolute atomic E-state index is 0.0166. The number of sulfone groups is 1. The molecule has 0 spiro atoms. The molecule has 0 aliphatic carbocycles. The molecular formula is C19H26N2O5S2. The van der Waals surface area contributed by atoms with E-state index in [9.17, 15) is 16.8 Å². The van der Waals surface area contributed by atoms with E-state index >= 15 is 0 Å². The Morgan fingerprint density at radius 1 is 1.11 bits per heavy atom. The van der Waals surface area contributed by atoms with Crippen LogP contribution in [-0.2, 0) is 19.9 Å². The van der Waals surface area contributed by atoms with Crippen LogP contribution in [0.1, 0.15) is 36.6 Å². The van der Waals surface area contributed by atoms with Crippen molar-refractivity contribution in [3.8, 4) is 0 Å². The molecule has 0 amide bonds. The van der Waals surface area contributed by atoms with Crippen LogP contribution in [0.3, 0.4) is 0 Å². The highest BCUT2D eigenvalue weighted by atomic mass is 32.2. The molecule has 1 aliphatic heterocycles. The fraction of sp³-hybridized carbons (Fsp3) is 0.474. The van der Waals surface area contributed by atoms with Crippen molar-refractivity contribution >= 4 is 19.9 Å². The Kier molecular flexibility index (Phi) is 6.28. The molecule has 1 saturated heterocycles.